The first kappa shape index (κ1) is 16.4. The Morgan fingerprint density at radius 2 is 2.05 bits per heavy atom. The number of rotatable bonds is 8. The van der Waals surface area contributed by atoms with Crippen LogP contribution < -0.4 is 10.2 Å². The number of aryl methyl sites for hydroxylation is 1. The molecule has 19 heavy (non-hydrogen) atoms. The maximum Gasteiger partial charge on any atom is 0.185 e. The summed E-state index contributed by atoms with van der Waals surface area (Å²) in [5, 5.41) is 4.55. The van der Waals surface area contributed by atoms with Crippen molar-refractivity contribution in [3.8, 4) is 0 Å². The van der Waals surface area contributed by atoms with E-state index in [9.17, 15) is 0 Å². The topological polar surface area (TPSA) is 37.4 Å². The molecule has 4 nitrogen and oxygen atoms in total. The molecule has 110 valence electrons. The third-order valence-corrected chi connectivity index (χ3v) is 4.34. The molecule has 1 aromatic rings. The number of thiazole rings is 1. The van der Waals surface area contributed by atoms with Gasteiger partial charge in [-0.3, -0.25) is 0 Å². The van der Waals surface area contributed by atoms with Gasteiger partial charge in [0.05, 0.1) is 18.3 Å². The van der Waals surface area contributed by atoms with Crippen molar-refractivity contribution in [3.63, 3.8) is 0 Å². The number of ether oxygens (including phenoxy) is 1. The molecule has 0 aliphatic heterocycles. The summed E-state index contributed by atoms with van der Waals surface area (Å²) in [7, 11) is 3.81. The number of nitrogens with one attached hydrogen (secondary N) is 1. The first-order chi connectivity index (χ1) is 8.95. The number of anilines is 1. The third-order valence-electron chi connectivity index (χ3n) is 3.09. The summed E-state index contributed by atoms with van der Waals surface area (Å²) >= 11 is 1.77. The lowest BCUT2D eigenvalue weighted by Gasteiger charge is -2.23. The van der Waals surface area contributed by atoms with Crippen molar-refractivity contribution in [2.45, 2.75) is 40.3 Å². The van der Waals surface area contributed by atoms with Gasteiger partial charge in [-0.05, 0) is 26.3 Å². The van der Waals surface area contributed by atoms with E-state index >= 15 is 0 Å². The van der Waals surface area contributed by atoms with Crippen LogP contribution in [-0.4, -0.2) is 38.3 Å². The zero-order chi connectivity index (χ0) is 14.4. The Morgan fingerprint density at radius 3 is 2.63 bits per heavy atom. The van der Waals surface area contributed by atoms with Gasteiger partial charge in [0.2, 0.25) is 0 Å². The van der Waals surface area contributed by atoms with Crippen LogP contribution in [-0.2, 0) is 11.3 Å². The highest BCUT2D eigenvalue weighted by Crippen LogP contribution is 2.26. The number of likely N-dealkylation sites (N-methyl/N-ethyl adjacent to an activating group) is 1. The Kier molecular flexibility index (Phi) is 6.75. The van der Waals surface area contributed by atoms with Crippen molar-refractivity contribution < 1.29 is 4.74 Å². The van der Waals surface area contributed by atoms with Gasteiger partial charge in [-0.25, -0.2) is 4.98 Å². The highest BCUT2D eigenvalue weighted by atomic mass is 32.1. The minimum absolute atomic E-state index is 0.340. The van der Waals surface area contributed by atoms with Crippen LogP contribution in [0, 0.1) is 12.8 Å². The molecule has 1 aromatic heterocycles. The van der Waals surface area contributed by atoms with Gasteiger partial charge < -0.3 is 15.0 Å². The summed E-state index contributed by atoms with van der Waals surface area (Å²) in [5.41, 5.74) is 1.13. The molecule has 0 aromatic carbocycles. The minimum Gasteiger partial charge on any atom is -0.383 e. The highest BCUT2D eigenvalue weighted by Gasteiger charge is 2.15. The SMILES string of the molecule is COCC(C)N(C)c1nc(C)c(CNCC(C)C)s1. The molecule has 0 bridgehead atoms. The van der Waals surface area contributed by atoms with E-state index in [4.69, 9.17) is 4.74 Å². The van der Waals surface area contributed by atoms with E-state index in [0.717, 1.165) is 30.5 Å². The molecule has 0 saturated heterocycles. The maximum absolute atomic E-state index is 5.20. The van der Waals surface area contributed by atoms with Crippen LogP contribution in [0.4, 0.5) is 5.13 Å². The quantitative estimate of drug-likeness (QED) is 0.797. The maximum atomic E-state index is 5.20. The summed E-state index contributed by atoms with van der Waals surface area (Å²) in [6, 6.07) is 0.340. The van der Waals surface area contributed by atoms with Crippen molar-refractivity contribution in [1.29, 1.82) is 0 Å². The smallest absolute Gasteiger partial charge is 0.185 e. The average molecular weight is 285 g/mol. The fraction of sp³-hybridized carbons (Fsp3) is 0.786. The summed E-state index contributed by atoms with van der Waals surface area (Å²) < 4.78 is 5.20. The zero-order valence-corrected chi connectivity index (χ0v) is 13.8. The van der Waals surface area contributed by atoms with Gasteiger partial charge in [0, 0.05) is 25.6 Å². The van der Waals surface area contributed by atoms with Crippen molar-refractivity contribution in [3.05, 3.63) is 10.6 Å². The second-order valence-electron chi connectivity index (χ2n) is 5.45. The molecule has 0 aliphatic rings. The third kappa shape index (κ3) is 5.09. The number of methoxy groups -OCH3 is 1. The molecule has 0 radical (unpaired) electrons. The van der Waals surface area contributed by atoms with Crippen LogP contribution in [0.15, 0.2) is 0 Å². The fourth-order valence-electron chi connectivity index (χ4n) is 1.74. The Balaban J connectivity index is 2.62. The molecule has 1 N–H and O–H groups in total. The highest BCUT2D eigenvalue weighted by molar-refractivity contribution is 7.15. The van der Waals surface area contributed by atoms with Crippen LogP contribution in [0.2, 0.25) is 0 Å². The van der Waals surface area contributed by atoms with Gasteiger partial charge in [0.1, 0.15) is 0 Å². The lowest BCUT2D eigenvalue weighted by atomic mass is 10.2. The zero-order valence-electron chi connectivity index (χ0n) is 13.0. The predicted octanol–water partition coefficient (Wildman–Crippen LogP) is 2.67. The molecular weight excluding hydrogens is 258 g/mol. The second kappa shape index (κ2) is 7.82. The van der Waals surface area contributed by atoms with E-state index in [1.807, 2.05) is 0 Å². The number of hydrogen-bond donors (Lipinski definition) is 1. The summed E-state index contributed by atoms with van der Waals surface area (Å²) in [5.74, 6) is 0.678. The molecule has 0 spiro atoms. The molecule has 0 aliphatic carbocycles. The van der Waals surface area contributed by atoms with Crippen LogP contribution >= 0.6 is 11.3 Å². The van der Waals surface area contributed by atoms with Gasteiger partial charge in [0.25, 0.3) is 0 Å². The van der Waals surface area contributed by atoms with E-state index in [2.05, 4.69) is 49.9 Å². The summed E-state index contributed by atoms with van der Waals surface area (Å²) in [6.07, 6.45) is 0. The van der Waals surface area contributed by atoms with Gasteiger partial charge >= 0.3 is 0 Å². The van der Waals surface area contributed by atoms with Crippen LogP contribution in [0.3, 0.4) is 0 Å². The van der Waals surface area contributed by atoms with Crippen molar-refractivity contribution in [2.24, 2.45) is 5.92 Å². The Hall–Kier alpha value is -0.650. The first-order valence-corrected chi connectivity index (χ1v) is 7.66. The van der Waals surface area contributed by atoms with Crippen LogP contribution in [0.5, 0.6) is 0 Å². The Labute approximate surface area is 121 Å². The standard InChI is InChI=1S/C14H27N3OS/c1-10(2)7-15-8-13-12(4)16-14(19-13)17(5)11(3)9-18-6/h10-11,15H,7-9H2,1-6H3. The van der Waals surface area contributed by atoms with Crippen molar-refractivity contribution in [1.82, 2.24) is 10.3 Å². The van der Waals surface area contributed by atoms with E-state index in [-0.39, 0.29) is 0 Å². The first-order valence-electron chi connectivity index (χ1n) is 6.84. The average Bonchev–Trinajstić information content (AvgIpc) is 2.70. The number of hydrogen-bond acceptors (Lipinski definition) is 5. The Bertz CT molecular complexity index is 379. The lowest BCUT2D eigenvalue weighted by Crippen LogP contribution is -2.32. The minimum atomic E-state index is 0.340. The summed E-state index contributed by atoms with van der Waals surface area (Å²) in [6.45, 7) is 11.3. The van der Waals surface area contributed by atoms with Gasteiger partial charge in [0.15, 0.2) is 5.13 Å². The molecule has 1 unspecified atom stereocenters. The largest absolute Gasteiger partial charge is 0.383 e. The van der Waals surface area contributed by atoms with Crippen LogP contribution in [0.1, 0.15) is 31.3 Å². The van der Waals surface area contributed by atoms with Gasteiger partial charge in [-0.2, -0.15) is 0 Å². The van der Waals surface area contributed by atoms with Crippen LogP contribution in [0.25, 0.3) is 0 Å². The van der Waals surface area contributed by atoms with Crippen molar-refractivity contribution in [2.75, 3.05) is 32.2 Å². The second-order valence-corrected chi connectivity index (χ2v) is 6.51. The summed E-state index contributed by atoms with van der Waals surface area (Å²) in [4.78, 5) is 8.17. The number of nitrogens with zero attached hydrogens (tertiary/aromatic N) is 2. The molecule has 0 amide bonds. The molecule has 0 fully saturated rings. The van der Waals surface area contributed by atoms with E-state index in [1.54, 1.807) is 18.4 Å². The molecule has 1 atom stereocenters. The Morgan fingerprint density at radius 1 is 1.37 bits per heavy atom. The fourth-order valence-corrected chi connectivity index (χ4v) is 2.84. The van der Waals surface area contributed by atoms with Gasteiger partial charge in [-0.15, -0.1) is 11.3 Å². The van der Waals surface area contributed by atoms with Crippen molar-refractivity contribution >= 4 is 16.5 Å². The van der Waals surface area contributed by atoms with E-state index < -0.39 is 0 Å². The predicted molar refractivity (Wildman–Crippen MR) is 83.1 cm³/mol. The lowest BCUT2D eigenvalue weighted by molar-refractivity contribution is 0.183. The molecule has 0 saturated carbocycles. The normalized spacial score (nSPS) is 13.0. The molecule has 1 rings (SSSR count). The number of aromatic nitrogens is 1. The molecule has 5 heteroatoms. The van der Waals surface area contributed by atoms with E-state index in [0.29, 0.717) is 12.0 Å². The van der Waals surface area contributed by atoms with Gasteiger partial charge in [-0.1, -0.05) is 13.8 Å². The van der Waals surface area contributed by atoms with E-state index in [1.165, 1.54) is 4.88 Å². The monoisotopic (exact) mass is 285 g/mol. The molecular formula is C14H27N3OS. The molecule has 1 heterocycles.